The van der Waals surface area contributed by atoms with E-state index in [2.05, 4.69) is 50.5 Å². The van der Waals surface area contributed by atoms with Crippen LogP contribution in [0.25, 0.3) is 35.2 Å². The second kappa shape index (κ2) is 9.92. The lowest BCUT2D eigenvalue weighted by molar-refractivity contribution is 0.280. The molecule has 0 saturated carbocycles. The zero-order chi connectivity index (χ0) is 23.2. The number of nitrogens with one attached hydrogen (secondary N) is 2. The Morgan fingerprint density at radius 3 is 2.76 bits per heavy atom. The van der Waals surface area contributed by atoms with Crippen LogP contribution >= 0.6 is 0 Å². The highest BCUT2D eigenvalue weighted by atomic mass is 16.5. The first-order valence-electron chi connectivity index (χ1n) is 11.0. The molecule has 0 aliphatic heterocycles. The number of para-hydroxylation sites is 1. The third-order valence-electron chi connectivity index (χ3n) is 5.40. The molecule has 5 aromatic rings. The Kier molecular flexibility index (Phi) is 6.21. The van der Waals surface area contributed by atoms with Crippen LogP contribution in [0.5, 0.6) is 11.5 Å². The summed E-state index contributed by atoms with van der Waals surface area (Å²) < 4.78 is 11.6. The molecule has 2 N–H and O–H groups in total. The van der Waals surface area contributed by atoms with Gasteiger partial charge in [0, 0.05) is 23.5 Å². The zero-order valence-corrected chi connectivity index (χ0v) is 18.7. The smallest absolute Gasteiger partial charge is 0.167 e. The van der Waals surface area contributed by atoms with Gasteiger partial charge in [0.2, 0.25) is 0 Å². The van der Waals surface area contributed by atoms with E-state index in [4.69, 9.17) is 9.47 Å². The van der Waals surface area contributed by atoms with Crippen molar-refractivity contribution in [1.82, 2.24) is 20.2 Å². The summed E-state index contributed by atoms with van der Waals surface area (Å²) in [7, 11) is 1.64. The number of aromatic nitrogens is 4. The standard InChI is InChI=1S/C28H24N4O2/c1-33-28-22(5-4-7-27(28)34-19-25-6-2-3-15-29-25)11-13-24-18-23(31-32-24)12-9-20-8-10-21-14-16-30-26(21)17-20/h2-18,30H,19H2,1H3,(H,31,32). The van der Waals surface area contributed by atoms with Gasteiger partial charge in [-0.05, 0) is 65.6 Å². The van der Waals surface area contributed by atoms with Crippen molar-refractivity contribution in [2.75, 3.05) is 7.11 Å². The van der Waals surface area contributed by atoms with Crippen LogP contribution < -0.4 is 9.47 Å². The van der Waals surface area contributed by atoms with Crippen LogP contribution in [0.15, 0.2) is 79.1 Å². The van der Waals surface area contributed by atoms with Gasteiger partial charge in [0.1, 0.15) is 6.61 Å². The topological polar surface area (TPSA) is 75.8 Å². The maximum Gasteiger partial charge on any atom is 0.167 e. The monoisotopic (exact) mass is 448 g/mol. The molecule has 5 rings (SSSR count). The van der Waals surface area contributed by atoms with E-state index in [0.717, 1.165) is 33.7 Å². The van der Waals surface area contributed by atoms with Crippen LogP contribution in [-0.4, -0.2) is 27.3 Å². The quantitative estimate of drug-likeness (QED) is 0.296. The number of hydrogen-bond acceptors (Lipinski definition) is 4. The Labute approximate surface area is 197 Å². The number of H-pyrrole nitrogens is 2. The molecule has 0 saturated heterocycles. The number of nitrogens with zero attached hydrogens (tertiary/aromatic N) is 2. The summed E-state index contributed by atoms with van der Waals surface area (Å²) >= 11 is 0. The van der Waals surface area contributed by atoms with Gasteiger partial charge in [-0.3, -0.25) is 10.1 Å². The van der Waals surface area contributed by atoms with E-state index in [1.807, 2.05) is 66.9 Å². The molecular weight excluding hydrogens is 424 g/mol. The molecule has 0 aliphatic rings. The first kappa shape index (κ1) is 21.3. The maximum absolute atomic E-state index is 5.95. The van der Waals surface area contributed by atoms with Gasteiger partial charge < -0.3 is 14.5 Å². The Morgan fingerprint density at radius 1 is 0.912 bits per heavy atom. The van der Waals surface area contributed by atoms with E-state index >= 15 is 0 Å². The zero-order valence-electron chi connectivity index (χ0n) is 18.7. The van der Waals surface area contributed by atoms with Crippen molar-refractivity contribution in [2.45, 2.75) is 6.61 Å². The molecule has 3 aromatic heterocycles. The average Bonchev–Trinajstić information content (AvgIpc) is 3.54. The van der Waals surface area contributed by atoms with Gasteiger partial charge in [0.15, 0.2) is 11.5 Å². The third-order valence-corrected chi connectivity index (χ3v) is 5.40. The van der Waals surface area contributed by atoms with E-state index in [9.17, 15) is 0 Å². The molecular formula is C28H24N4O2. The normalized spacial score (nSPS) is 11.6. The largest absolute Gasteiger partial charge is 0.492 e. The minimum atomic E-state index is 0.372. The molecule has 0 amide bonds. The van der Waals surface area contributed by atoms with Crippen molar-refractivity contribution >= 4 is 35.2 Å². The van der Waals surface area contributed by atoms with E-state index in [1.165, 1.54) is 5.39 Å². The van der Waals surface area contributed by atoms with Gasteiger partial charge in [0.25, 0.3) is 0 Å². The molecule has 168 valence electrons. The first-order valence-corrected chi connectivity index (χ1v) is 11.0. The van der Waals surface area contributed by atoms with Gasteiger partial charge >= 0.3 is 0 Å². The highest BCUT2D eigenvalue weighted by Crippen LogP contribution is 2.32. The summed E-state index contributed by atoms with van der Waals surface area (Å²) in [6.07, 6.45) is 11.7. The molecule has 0 radical (unpaired) electrons. The van der Waals surface area contributed by atoms with Crippen LogP contribution in [0.1, 0.15) is 28.2 Å². The van der Waals surface area contributed by atoms with Crippen molar-refractivity contribution in [3.8, 4) is 11.5 Å². The van der Waals surface area contributed by atoms with Gasteiger partial charge in [-0.15, -0.1) is 0 Å². The molecule has 34 heavy (non-hydrogen) atoms. The van der Waals surface area contributed by atoms with E-state index < -0.39 is 0 Å². The van der Waals surface area contributed by atoms with Crippen molar-refractivity contribution in [3.63, 3.8) is 0 Å². The van der Waals surface area contributed by atoms with Crippen molar-refractivity contribution in [2.24, 2.45) is 0 Å². The highest BCUT2D eigenvalue weighted by Gasteiger charge is 2.09. The van der Waals surface area contributed by atoms with Crippen LogP contribution in [-0.2, 0) is 6.61 Å². The van der Waals surface area contributed by atoms with Crippen molar-refractivity contribution in [1.29, 1.82) is 0 Å². The fourth-order valence-electron chi connectivity index (χ4n) is 3.69. The number of fused-ring (bicyclic) bond motifs is 1. The van der Waals surface area contributed by atoms with Gasteiger partial charge in [-0.2, -0.15) is 5.10 Å². The summed E-state index contributed by atoms with van der Waals surface area (Å²) in [5, 5.41) is 8.65. The first-order chi connectivity index (χ1) is 16.8. The summed E-state index contributed by atoms with van der Waals surface area (Å²) in [4.78, 5) is 7.53. The number of pyridine rings is 1. The minimum Gasteiger partial charge on any atom is -0.492 e. The van der Waals surface area contributed by atoms with Crippen LogP contribution in [0, 0.1) is 0 Å². The number of rotatable bonds is 8. The molecule has 0 bridgehead atoms. The SMILES string of the molecule is COc1c(C=Cc2cc(C=Cc3ccc4cc[nH]c4c3)n[nH]2)cccc1OCc1ccccn1. The molecule has 6 heteroatoms. The van der Waals surface area contributed by atoms with Gasteiger partial charge in [0.05, 0.1) is 24.2 Å². The summed E-state index contributed by atoms with van der Waals surface area (Å²) in [6.45, 7) is 0.372. The Morgan fingerprint density at radius 2 is 1.88 bits per heavy atom. The Bertz CT molecular complexity index is 1450. The molecule has 0 unspecified atom stereocenters. The number of benzene rings is 2. The summed E-state index contributed by atoms with van der Waals surface area (Å²) in [5.74, 6) is 1.34. The predicted octanol–water partition coefficient (Wildman–Crippen LogP) is 6.21. The molecule has 0 spiro atoms. The molecule has 3 heterocycles. The molecule has 0 atom stereocenters. The van der Waals surface area contributed by atoms with Crippen LogP contribution in [0.3, 0.4) is 0 Å². The molecule has 2 aromatic carbocycles. The molecule has 0 fully saturated rings. The third kappa shape index (κ3) is 4.91. The lowest BCUT2D eigenvalue weighted by Gasteiger charge is -2.12. The van der Waals surface area contributed by atoms with Crippen molar-refractivity contribution < 1.29 is 9.47 Å². The van der Waals surface area contributed by atoms with E-state index in [-0.39, 0.29) is 0 Å². The average molecular weight is 449 g/mol. The lowest BCUT2D eigenvalue weighted by atomic mass is 10.1. The lowest BCUT2D eigenvalue weighted by Crippen LogP contribution is -2.00. The molecule has 6 nitrogen and oxygen atoms in total. The molecule has 0 aliphatic carbocycles. The number of hydrogen-bond donors (Lipinski definition) is 2. The van der Waals surface area contributed by atoms with Gasteiger partial charge in [-0.1, -0.05) is 36.4 Å². The van der Waals surface area contributed by atoms with Crippen LogP contribution in [0.4, 0.5) is 0 Å². The summed E-state index contributed by atoms with van der Waals surface area (Å²) in [5.41, 5.74) is 5.74. The maximum atomic E-state index is 5.95. The second-order valence-electron chi connectivity index (χ2n) is 7.73. The number of ether oxygens (including phenoxy) is 2. The number of methoxy groups -OCH3 is 1. The van der Waals surface area contributed by atoms with Gasteiger partial charge in [-0.25, -0.2) is 0 Å². The van der Waals surface area contributed by atoms with E-state index in [0.29, 0.717) is 18.1 Å². The highest BCUT2D eigenvalue weighted by molar-refractivity contribution is 5.83. The van der Waals surface area contributed by atoms with Crippen molar-refractivity contribution in [3.05, 3.63) is 107 Å². The Balaban J connectivity index is 1.28. The number of aromatic amines is 2. The van der Waals surface area contributed by atoms with Crippen LogP contribution in [0.2, 0.25) is 0 Å². The predicted molar refractivity (Wildman–Crippen MR) is 136 cm³/mol. The fraction of sp³-hybridized carbons (Fsp3) is 0.0714. The Hall–Kier alpha value is -4.58. The summed E-state index contributed by atoms with van der Waals surface area (Å²) in [6, 6.07) is 21.9. The minimum absolute atomic E-state index is 0.372. The second-order valence-corrected chi connectivity index (χ2v) is 7.73. The van der Waals surface area contributed by atoms with E-state index in [1.54, 1.807) is 13.3 Å². The fourth-order valence-corrected chi connectivity index (χ4v) is 3.69.